The van der Waals surface area contributed by atoms with Gasteiger partial charge in [0.2, 0.25) is 0 Å². The first kappa shape index (κ1) is 20.5. The number of rotatable bonds is 5. The number of benzene rings is 1. The molecule has 1 saturated heterocycles. The molecule has 0 saturated carbocycles. The molecule has 2 aromatic heterocycles. The van der Waals surface area contributed by atoms with Gasteiger partial charge in [0.05, 0.1) is 11.4 Å². The summed E-state index contributed by atoms with van der Waals surface area (Å²) in [6.07, 6.45) is 4.09. The van der Waals surface area contributed by atoms with Crippen LogP contribution >= 0.6 is 0 Å². The van der Waals surface area contributed by atoms with Gasteiger partial charge in [-0.15, -0.1) is 0 Å². The van der Waals surface area contributed by atoms with Gasteiger partial charge in [-0.2, -0.15) is 4.31 Å². The first-order valence-corrected chi connectivity index (χ1v) is 11.3. The molecule has 0 spiro atoms. The van der Waals surface area contributed by atoms with E-state index in [9.17, 15) is 13.2 Å². The molecule has 1 aromatic carbocycles. The van der Waals surface area contributed by atoms with E-state index in [1.54, 1.807) is 24.7 Å². The fourth-order valence-electron chi connectivity index (χ4n) is 3.67. The van der Waals surface area contributed by atoms with Gasteiger partial charge < -0.3 is 9.30 Å². The van der Waals surface area contributed by atoms with Gasteiger partial charge in [-0.3, -0.25) is 9.78 Å². The molecule has 1 fully saturated rings. The van der Waals surface area contributed by atoms with Gasteiger partial charge >= 0.3 is 5.97 Å². The minimum absolute atomic E-state index is 0.0481. The number of aryl methyl sites for hydroxylation is 2. The predicted octanol–water partition coefficient (Wildman–Crippen LogP) is 2.42. The van der Waals surface area contributed by atoms with Crippen LogP contribution in [0.15, 0.2) is 47.8 Å². The zero-order chi connectivity index (χ0) is 21.3. The number of pyridine rings is 1. The number of fused-ring (bicyclic) bond motifs is 1. The average Bonchev–Trinajstić information content (AvgIpc) is 3.11. The summed E-state index contributed by atoms with van der Waals surface area (Å²) in [5.74, 6) is 0.0217. The lowest BCUT2D eigenvalue weighted by atomic mass is 9.98. The highest BCUT2D eigenvalue weighted by Crippen LogP contribution is 2.25. The SMILES string of the molecule is Cc1nc(S(=O)(=O)N2CCC(C(=O)OCc3cccc4cccnc34)CC2)cn1C. The fourth-order valence-corrected chi connectivity index (χ4v) is 5.16. The lowest BCUT2D eigenvalue weighted by Gasteiger charge is -2.29. The Balaban J connectivity index is 1.36. The molecule has 30 heavy (non-hydrogen) atoms. The van der Waals surface area contributed by atoms with E-state index in [1.807, 2.05) is 30.3 Å². The number of imidazole rings is 1. The highest BCUT2D eigenvalue weighted by molar-refractivity contribution is 7.89. The van der Waals surface area contributed by atoms with Crippen LogP contribution in [0.1, 0.15) is 24.2 Å². The molecule has 0 radical (unpaired) electrons. The van der Waals surface area contributed by atoms with Gasteiger partial charge in [-0.1, -0.05) is 24.3 Å². The van der Waals surface area contributed by atoms with E-state index >= 15 is 0 Å². The fraction of sp³-hybridized carbons (Fsp3) is 0.381. The molecular formula is C21H24N4O4S. The molecule has 3 heterocycles. The van der Waals surface area contributed by atoms with E-state index in [-0.39, 0.29) is 36.6 Å². The zero-order valence-corrected chi connectivity index (χ0v) is 17.8. The number of carbonyl (C=O) groups excluding carboxylic acids is 1. The summed E-state index contributed by atoms with van der Waals surface area (Å²) in [6.45, 7) is 2.45. The van der Waals surface area contributed by atoms with E-state index in [4.69, 9.17) is 4.74 Å². The van der Waals surface area contributed by atoms with Gasteiger partial charge in [0.25, 0.3) is 10.0 Å². The molecule has 0 atom stereocenters. The molecule has 0 unspecified atom stereocenters. The van der Waals surface area contributed by atoms with Crippen LogP contribution in [0.25, 0.3) is 10.9 Å². The van der Waals surface area contributed by atoms with Crippen molar-refractivity contribution in [3.63, 3.8) is 0 Å². The number of para-hydroxylation sites is 1. The minimum atomic E-state index is -3.65. The Kier molecular flexibility index (Phi) is 5.57. The topological polar surface area (TPSA) is 94.4 Å². The normalized spacial score (nSPS) is 16.1. The first-order chi connectivity index (χ1) is 14.4. The van der Waals surface area contributed by atoms with Crippen molar-refractivity contribution in [3.05, 3.63) is 54.1 Å². The van der Waals surface area contributed by atoms with Gasteiger partial charge in [0.1, 0.15) is 12.4 Å². The quantitative estimate of drug-likeness (QED) is 0.580. The number of aromatic nitrogens is 3. The maximum atomic E-state index is 12.8. The Morgan fingerprint density at radius 2 is 1.93 bits per heavy atom. The highest BCUT2D eigenvalue weighted by atomic mass is 32.2. The molecule has 8 nitrogen and oxygen atoms in total. The summed E-state index contributed by atoms with van der Waals surface area (Å²) in [5, 5.41) is 1.04. The van der Waals surface area contributed by atoms with Gasteiger partial charge in [0, 0.05) is 43.5 Å². The lowest BCUT2D eigenvalue weighted by molar-refractivity contribution is -0.151. The number of esters is 1. The number of hydrogen-bond donors (Lipinski definition) is 0. The summed E-state index contributed by atoms with van der Waals surface area (Å²) in [5.41, 5.74) is 1.67. The smallest absolute Gasteiger partial charge is 0.309 e. The molecular weight excluding hydrogens is 404 g/mol. The molecule has 0 bridgehead atoms. The third-order valence-electron chi connectivity index (χ3n) is 5.56. The molecule has 3 aromatic rings. The molecule has 1 aliphatic rings. The van der Waals surface area contributed by atoms with Crippen LogP contribution in [0.2, 0.25) is 0 Å². The summed E-state index contributed by atoms with van der Waals surface area (Å²) in [6, 6.07) is 9.61. The van der Waals surface area contributed by atoms with Crippen LogP contribution in [0.5, 0.6) is 0 Å². The van der Waals surface area contributed by atoms with Crippen molar-refractivity contribution in [1.29, 1.82) is 0 Å². The molecule has 9 heteroatoms. The van der Waals surface area contributed by atoms with Crippen molar-refractivity contribution in [2.24, 2.45) is 13.0 Å². The summed E-state index contributed by atoms with van der Waals surface area (Å²) in [4.78, 5) is 21.1. The van der Waals surface area contributed by atoms with Crippen molar-refractivity contribution in [3.8, 4) is 0 Å². The van der Waals surface area contributed by atoms with E-state index < -0.39 is 10.0 Å². The Morgan fingerprint density at radius 1 is 1.20 bits per heavy atom. The molecule has 0 aliphatic carbocycles. The summed E-state index contributed by atoms with van der Waals surface area (Å²) >= 11 is 0. The maximum absolute atomic E-state index is 12.8. The van der Waals surface area contributed by atoms with Crippen LogP contribution in [0, 0.1) is 12.8 Å². The third kappa shape index (κ3) is 3.95. The lowest BCUT2D eigenvalue weighted by Crippen LogP contribution is -2.40. The molecule has 0 N–H and O–H groups in total. The predicted molar refractivity (Wildman–Crippen MR) is 111 cm³/mol. The van der Waals surface area contributed by atoms with Gasteiger partial charge in [-0.05, 0) is 25.8 Å². The molecule has 4 rings (SSSR count). The number of piperidine rings is 1. The van der Waals surface area contributed by atoms with Crippen molar-refractivity contribution in [2.45, 2.75) is 31.4 Å². The number of sulfonamides is 1. The van der Waals surface area contributed by atoms with Crippen molar-refractivity contribution < 1.29 is 17.9 Å². The summed E-state index contributed by atoms with van der Waals surface area (Å²) < 4.78 is 34.2. The monoisotopic (exact) mass is 428 g/mol. The maximum Gasteiger partial charge on any atom is 0.309 e. The molecule has 158 valence electrons. The number of carbonyl (C=O) groups is 1. The van der Waals surface area contributed by atoms with Gasteiger partial charge in [0.15, 0.2) is 5.03 Å². The second-order valence-electron chi connectivity index (χ2n) is 7.52. The minimum Gasteiger partial charge on any atom is -0.461 e. The number of hydrogen-bond acceptors (Lipinski definition) is 6. The Labute approximate surface area is 175 Å². The Bertz CT molecular complexity index is 1160. The van der Waals surface area contributed by atoms with E-state index in [2.05, 4.69) is 9.97 Å². The Morgan fingerprint density at radius 3 is 2.63 bits per heavy atom. The Hall–Kier alpha value is -2.78. The van der Waals surface area contributed by atoms with Gasteiger partial charge in [-0.25, -0.2) is 13.4 Å². The first-order valence-electron chi connectivity index (χ1n) is 9.85. The number of ether oxygens (including phenoxy) is 1. The largest absolute Gasteiger partial charge is 0.461 e. The van der Waals surface area contributed by atoms with Crippen molar-refractivity contribution in [1.82, 2.24) is 18.8 Å². The number of nitrogens with zero attached hydrogens (tertiary/aromatic N) is 4. The van der Waals surface area contributed by atoms with Crippen LogP contribution in [-0.4, -0.2) is 46.3 Å². The van der Waals surface area contributed by atoms with E-state index in [1.165, 1.54) is 10.5 Å². The van der Waals surface area contributed by atoms with Crippen LogP contribution in [-0.2, 0) is 33.2 Å². The van der Waals surface area contributed by atoms with Crippen molar-refractivity contribution in [2.75, 3.05) is 13.1 Å². The van der Waals surface area contributed by atoms with Crippen molar-refractivity contribution >= 4 is 26.9 Å². The standard InChI is InChI=1S/C21H24N4O4S/c1-15-23-19(13-24(15)2)30(27,28)25-11-8-17(9-12-25)21(26)29-14-18-6-3-5-16-7-4-10-22-20(16)18/h3-7,10,13,17H,8-9,11-12,14H2,1-2H3. The third-order valence-corrected chi connectivity index (χ3v) is 7.33. The zero-order valence-electron chi connectivity index (χ0n) is 17.0. The van der Waals surface area contributed by atoms with Crippen LogP contribution < -0.4 is 0 Å². The van der Waals surface area contributed by atoms with Crippen LogP contribution in [0.3, 0.4) is 0 Å². The summed E-state index contributed by atoms with van der Waals surface area (Å²) in [7, 11) is -1.89. The second-order valence-corrected chi connectivity index (χ2v) is 9.40. The van der Waals surface area contributed by atoms with E-state index in [0.29, 0.717) is 18.7 Å². The highest BCUT2D eigenvalue weighted by Gasteiger charge is 2.34. The van der Waals surface area contributed by atoms with Crippen LogP contribution in [0.4, 0.5) is 0 Å². The second kappa shape index (κ2) is 8.16. The molecule has 0 amide bonds. The molecule has 1 aliphatic heterocycles. The van der Waals surface area contributed by atoms with E-state index in [0.717, 1.165) is 16.5 Å². The average molecular weight is 429 g/mol.